The Labute approximate surface area is 142 Å². The Hall–Kier alpha value is -0.870. The third-order valence-electron chi connectivity index (χ3n) is 4.57. The summed E-state index contributed by atoms with van der Waals surface area (Å²) in [6.45, 7) is 6.37. The van der Waals surface area contributed by atoms with E-state index in [1.807, 2.05) is 6.92 Å². The maximum Gasteiger partial charge on any atom is 0.294 e. The van der Waals surface area contributed by atoms with Crippen LogP contribution in [0.25, 0.3) is 0 Å². The Morgan fingerprint density at radius 2 is 1.57 bits per heavy atom. The van der Waals surface area contributed by atoms with Crippen LogP contribution in [0.5, 0.6) is 0 Å². The SMILES string of the molecule is CCCCCCCCCCC(C)c1cc(S(=O)(=O)O)ccc1C. The first-order valence-electron chi connectivity index (χ1n) is 8.94. The second-order valence-corrected chi connectivity index (χ2v) is 8.08. The minimum Gasteiger partial charge on any atom is -0.282 e. The lowest BCUT2D eigenvalue weighted by molar-refractivity contribution is 0.482. The van der Waals surface area contributed by atoms with Crippen molar-refractivity contribution in [3.63, 3.8) is 0 Å². The average Bonchev–Trinajstić information content (AvgIpc) is 2.49. The van der Waals surface area contributed by atoms with E-state index in [0.717, 1.165) is 17.5 Å². The Bertz CT molecular complexity index is 564. The van der Waals surface area contributed by atoms with Gasteiger partial charge in [-0.25, -0.2) is 0 Å². The molecule has 0 radical (unpaired) electrons. The Kier molecular flexibility index (Phi) is 8.85. The molecule has 0 aliphatic heterocycles. The molecule has 0 aromatic heterocycles. The van der Waals surface area contributed by atoms with E-state index in [4.69, 9.17) is 0 Å². The molecule has 1 aromatic carbocycles. The largest absolute Gasteiger partial charge is 0.294 e. The van der Waals surface area contributed by atoms with E-state index in [0.29, 0.717) is 5.92 Å². The second kappa shape index (κ2) is 10.1. The van der Waals surface area contributed by atoms with Gasteiger partial charge in [-0.05, 0) is 42.5 Å². The molecule has 132 valence electrons. The van der Waals surface area contributed by atoms with Crippen LogP contribution in [0.4, 0.5) is 0 Å². The van der Waals surface area contributed by atoms with Crippen LogP contribution >= 0.6 is 0 Å². The zero-order chi connectivity index (χ0) is 17.3. The highest BCUT2D eigenvalue weighted by molar-refractivity contribution is 7.85. The molecule has 3 nitrogen and oxygen atoms in total. The number of unbranched alkanes of at least 4 members (excludes halogenated alkanes) is 7. The molecule has 0 aliphatic carbocycles. The summed E-state index contributed by atoms with van der Waals surface area (Å²) < 4.78 is 31.8. The lowest BCUT2D eigenvalue weighted by Crippen LogP contribution is -2.03. The van der Waals surface area contributed by atoms with E-state index in [1.165, 1.54) is 57.4 Å². The van der Waals surface area contributed by atoms with Gasteiger partial charge in [0.15, 0.2) is 0 Å². The predicted molar refractivity (Wildman–Crippen MR) is 96.6 cm³/mol. The minimum absolute atomic E-state index is 0.000809. The Morgan fingerprint density at radius 3 is 2.13 bits per heavy atom. The van der Waals surface area contributed by atoms with Crippen molar-refractivity contribution in [1.82, 2.24) is 0 Å². The standard InChI is InChI=1S/C19H32O3S/c1-4-5-6-7-8-9-10-11-12-16(2)19-15-18(23(20,21)22)14-13-17(19)3/h13-16H,4-12H2,1-3H3,(H,20,21,22). The van der Waals surface area contributed by atoms with Gasteiger partial charge in [0, 0.05) is 0 Å². The van der Waals surface area contributed by atoms with Crippen molar-refractivity contribution in [3.05, 3.63) is 29.3 Å². The number of benzene rings is 1. The normalized spacial score (nSPS) is 13.2. The van der Waals surface area contributed by atoms with Crippen LogP contribution in [-0.2, 0) is 10.1 Å². The third-order valence-corrected chi connectivity index (χ3v) is 5.42. The van der Waals surface area contributed by atoms with Crippen LogP contribution in [0.1, 0.15) is 88.7 Å². The summed E-state index contributed by atoms with van der Waals surface area (Å²) >= 11 is 0. The molecule has 23 heavy (non-hydrogen) atoms. The molecule has 1 rings (SSSR count). The van der Waals surface area contributed by atoms with E-state index in [9.17, 15) is 13.0 Å². The third kappa shape index (κ3) is 7.49. The fraction of sp³-hybridized carbons (Fsp3) is 0.684. The van der Waals surface area contributed by atoms with Crippen molar-refractivity contribution < 1.29 is 13.0 Å². The highest BCUT2D eigenvalue weighted by atomic mass is 32.2. The fourth-order valence-corrected chi connectivity index (χ4v) is 3.57. The summed E-state index contributed by atoms with van der Waals surface area (Å²) in [6, 6.07) is 4.87. The van der Waals surface area contributed by atoms with Crippen LogP contribution in [0.2, 0.25) is 0 Å². The molecule has 4 heteroatoms. The molecule has 0 saturated carbocycles. The molecule has 0 amide bonds. The minimum atomic E-state index is -4.12. The summed E-state index contributed by atoms with van der Waals surface area (Å²) in [7, 11) is -4.12. The number of aryl methyl sites for hydroxylation is 1. The van der Waals surface area contributed by atoms with Crippen LogP contribution in [0.15, 0.2) is 23.1 Å². The van der Waals surface area contributed by atoms with Crippen molar-refractivity contribution in [2.75, 3.05) is 0 Å². The molecule has 0 spiro atoms. The first-order chi connectivity index (χ1) is 10.9. The van der Waals surface area contributed by atoms with E-state index in [1.54, 1.807) is 12.1 Å². The van der Waals surface area contributed by atoms with Gasteiger partial charge in [-0.1, -0.05) is 71.3 Å². The molecule has 0 saturated heterocycles. The Morgan fingerprint density at radius 1 is 1.00 bits per heavy atom. The van der Waals surface area contributed by atoms with Gasteiger partial charge in [0.1, 0.15) is 0 Å². The van der Waals surface area contributed by atoms with Gasteiger partial charge in [-0.15, -0.1) is 0 Å². The first kappa shape index (κ1) is 20.2. The topological polar surface area (TPSA) is 54.4 Å². The van der Waals surface area contributed by atoms with Gasteiger partial charge in [0.05, 0.1) is 4.90 Å². The van der Waals surface area contributed by atoms with E-state index in [-0.39, 0.29) is 4.90 Å². The second-order valence-electron chi connectivity index (χ2n) is 6.66. The molecular formula is C19H32O3S. The highest BCUT2D eigenvalue weighted by Gasteiger charge is 2.14. The van der Waals surface area contributed by atoms with Crippen molar-refractivity contribution in [2.45, 2.75) is 89.4 Å². The maximum atomic E-state index is 11.3. The van der Waals surface area contributed by atoms with Gasteiger partial charge in [-0.2, -0.15) is 8.42 Å². The number of hydrogen-bond donors (Lipinski definition) is 1. The van der Waals surface area contributed by atoms with Crippen LogP contribution in [-0.4, -0.2) is 13.0 Å². The van der Waals surface area contributed by atoms with Crippen LogP contribution in [0.3, 0.4) is 0 Å². The summed E-state index contributed by atoms with van der Waals surface area (Å²) in [5.74, 6) is 0.316. The lowest BCUT2D eigenvalue weighted by Gasteiger charge is -2.15. The summed E-state index contributed by atoms with van der Waals surface area (Å²) in [6.07, 6.45) is 11.4. The molecule has 1 unspecified atom stereocenters. The molecule has 1 N–H and O–H groups in total. The van der Waals surface area contributed by atoms with Crippen LogP contribution < -0.4 is 0 Å². The lowest BCUT2D eigenvalue weighted by atomic mass is 9.91. The fourth-order valence-electron chi connectivity index (χ4n) is 3.05. The molecule has 0 aliphatic rings. The maximum absolute atomic E-state index is 11.3. The van der Waals surface area contributed by atoms with Gasteiger partial charge < -0.3 is 0 Å². The van der Waals surface area contributed by atoms with Crippen molar-refractivity contribution in [2.24, 2.45) is 0 Å². The molecule has 1 atom stereocenters. The summed E-state index contributed by atoms with van der Waals surface area (Å²) in [5.41, 5.74) is 2.12. The van der Waals surface area contributed by atoms with Crippen LogP contribution in [0, 0.1) is 6.92 Å². The van der Waals surface area contributed by atoms with Gasteiger partial charge >= 0.3 is 0 Å². The Balaban J connectivity index is 2.41. The summed E-state index contributed by atoms with van der Waals surface area (Å²) in [4.78, 5) is 0.000809. The summed E-state index contributed by atoms with van der Waals surface area (Å²) in [5, 5.41) is 0. The first-order valence-corrected chi connectivity index (χ1v) is 10.4. The average molecular weight is 341 g/mol. The smallest absolute Gasteiger partial charge is 0.282 e. The zero-order valence-corrected chi connectivity index (χ0v) is 15.7. The molecular weight excluding hydrogens is 308 g/mol. The van der Waals surface area contributed by atoms with Gasteiger partial charge in [-0.3, -0.25) is 4.55 Å². The van der Waals surface area contributed by atoms with Crippen molar-refractivity contribution in [1.29, 1.82) is 0 Å². The van der Waals surface area contributed by atoms with Gasteiger partial charge in [0.2, 0.25) is 0 Å². The molecule has 0 bridgehead atoms. The molecule has 1 aromatic rings. The van der Waals surface area contributed by atoms with E-state index in [2.05, 4.69) is 13.8 Å². The number of hydrogen-bond acceptors (Lipinski definition) is 2. The monoisotopic (exact) mass is 340 g/mol. The van der Waals surface area contributed by atoms with E-state index < -0.39 is 10.1 Å². The zero-order valence-electron chi connectivity index (χ0n) is 14.8. The molecule has 0 heterocycles. The number of rotatable bonds is 11. The van der Waals surface area contributed by atoms with Gasteiger partial charge in [0.25, 0.3) is 10.1 Å². The molecule has 0 fully saturated rings. The van der Waals surface area contributed by atoms with Crippen molar-refractivity contribution in [3.8, 4) is 0 Å². The van der Waals surface area contributed by atoms with Crippen molar-refractivity contribution >= 4 is 10.1 Å². The highest BCUT2D eigenvalue weighted by Crippen LogP contribution is 2.27. The predicted octanol–water partition coefficient (Wildman–Crippen LogP) is 5.88. The quantitative estimate of drug-likeness (QED) is 0.404. The van der Waals surface area contributed by atoms with E-state index >= 15 is 0 Å².